The van der Waals surface area contributed by atoms with Gasteiger partial charge in [0.25, 0.3) is 0 Å². The Morgan fingerprint density at radius 1 is 1.09 bits per heavy atom. The molecule has 2 aromatic rings. The summed E-state index contributed by atoms with van der Waals surface area (Å²) in [7, 11) is 0. The van der Waals surface area contributed by atoms with Gasteiger partial charge >= 0.3 is 0 Å². The highest BCUT2D eigenvalue weighted by Crippen LogP contribution is 2.70. The Morgan fingerprint density at radius 3 is 2.77 bits per heavy atom. The molecule has 1 aromatic carbocycles. The van der Waals surface area contributed by atoms with Crippen LogP contribution < -0.4 is 0 Å². The third-order valence-corrected chi connectivity index (χ3v) is 13.6. The molecule has 0 unspecified atom stereocenters. The maximum Gasteiger partial charge on any atom is 0.171 e. The van der Waals surface area contributed by atoms with Crippen LogP contribution in [0, 0.1) is 57.7 Å². The van der Waals surface area contributed by atoms with Gasteiger partial charge in [0, 0.05) is 12.3 Å². The summed E-state index contributed by atoms with van der Waals surface area (Å²) in [4.78, 5) is 0. The molecule has 0 N–H and O–H groups in total. The zero-order valence-corrected chi connectivity index (χ0v) is 26.9. The maximum absolute atomic E-state index is 9.46. The molecule has 7 heteroatoms. The highest BCUT2D eigenvalue weighted by molar-refractivity contribution is 5.47. The summed E-state index contributed by atoms with van der Waals surface area (Å²) in [5.41, 5.74) is 4.40. The van der Waals surface area contributed by atoms with Crippen molar-refractivity contribution in [2.45, 2.75) is 110 Å². The van der Waals surface area contributed by atoms with Crippen LogP contribution in [-0.4, -0.2) is 39.6 Å². The molecule has 8 rings (SSSR count). The lowest BCUT2D eigenvalue weighted by Crippen LogP contribution is -2.52. The van der Waals surface area contributed by atoms with Crippen LogP contribution in [0.4, 0.5) is 0 Å². The lowest BCUT2D eigenvalue weighted by Gasteiger charge is -2.58. The molecule has 0 radical (unpaired) electrons. The van der Waals surface area contributed by atoms with Crippen molar-refractivity contribution in [2.24, 2.45) is 46.3 Å². The summed E-state index contributed by atoms with van der Waals surface area (Å²) >= 11 is 0. The standard InChI is InChI=1S/C37H48N4O3/c1-23-11-16-37(43-21-23)24(2)34-33(44-37)18-31-29-10-9-26-17-28(12-14-35(26,3)30(29)13-15-36(31,34)4)42-22-27-20-41(40-39-27)32-8-6-5-7-25(32)19-38/h5-9,20,23-24,28-31,33-34H,10-18,21-22H2,1-4H3/t23-,24+,28+,29-,30+,31+,33+,34+,35+,36+,37-/m1/s1. The largest absolute Gasteiger partial charge is 0.371 e. The van der Waals surface area contributed by atoms with E-state index in [0.29, 0.717) is 41.4 Å². The second-order valence-electron chi connectivity index (χ2n) is 15.7. The molecule has 3 saturated carbocycles. The summed E-state index contributed by atoms with van der Waals surface area (Å²) in [6.07, 6.45) is 15.8. The van der Waals surface area contributed by atoms with Gasteiger partial charge < -0.3 is 14.2 Å². The lowest BCUT2D eigenvalue weighted by atomic mass is 9.47. The van der Waals surface area contributed by atoms with Crippen LogP contribution in [0.1, 0.15) is 96.7 Å². The van der Waals surface area contributed by atoms with Crippen LogP contribution in [0.2, 0.25) is 0 Å². The van der Waals surface area contributed by atoms with Crippen molar-refractivity contribution in [1.29, 1.82) is 5.26 Å². The molecular formula is C37H48N4O3. The number of hydrogen-bond acceptors (Lipinski definition) is 6. The molecule has 0 amide bonds. The number of nitrogens with zero attached hydrogens (tertiary/aromatic N) is 4. The molecule has 44 heavy (non-hydrogen) atoms. The summed E-state index contributed by atoms with van der Waals surface area (Å²) in [6, 6.07) is 9.71. The SMILES string of the molecule is C[C@@H]1CC[C@@]2(OC1)O[C@H]1C[C@H]3[C@@H]4CC=C5C[C@@H](OCc6cn(-c7ccccc7C#N)nn6)CC[C@]5(C)[C@H]4CC[C@]3(C)[C@H]1[C@@H]2C. The molecular weight excluding hydrogens is 548 g/mol. The van der Waals surface area contributed by atoms with E-state index in [1.807, 2.05) is 24.4 Å². The highest BCUT2D eigenvalue weighted by Gasteiger charge is 2.68. The molecule has 1 aromatic heterocycles. The molecule has 2 aliphatic heterocycles. The zero-order valence-electron chi connectivity index (χ0n) is 26.9. The van der Waals surface area contributed by atoms with Crippen LogP contribution in [0.15, 0.2) is 42.1 Å². The minimum Gasteiger partial charge on any atom is -0.371 e. The minimum atomic E-state index is -0.327. The van der Waals surface area contributed by atoms with E-state index in [2.05, 4.69) is 50.2 Å². The highest BCUT2D eigenvalue weighted by atomic mass is 16.7. The van der Waals surface area contributed by atoms with Gasteiger partial charge in [-0.3, -0.25) is 0 Å². The molecule has 6 aliphatic rings. The molecule has 1 spiro atoms. The van der Waals surface area contributed by atoms with Crippen LogP contribution in [0.3, 0.4) is 0 Å². The number of fused-ring (bicyclic) bond motifs is 7. The number of rotatable bonds is 4. The molecule has 0 bridgehead atoms. The van der Waals surface area contributed by atoms with Gasteiger partial charge in [-0.1, -0.05) is 56.7 Å². The number of para-hydroxylation sites is 1. The molecule has 234 valence electrons. The van der Waals surface area contributed by atoms with Gasteiger partial charge in [0.15, 0.2) is 5.79 Å². The monoisotopic (exact) mass is 596 g/mol. The first-order valence-corrected chi connectivity index (χ1v) is 17.3. The normalized spacial score (nSPS) is 44.3. The van der Waals surface area contributed by atoms with E-state index in [1.54, 1.807) is 16.3 Å². The number of hydrogen-bond donors (Lipinski definition) is 0. The second-order valence-corrected chi connectivity index (χ2v) is 15.7. The first-order valence-electron chi connectivity index (χ1n) is 17.3. The van der Waals surface area contributed by atoms with Crippen LogP contribution in [0.25, 0.3) is 5.69 Å². The molecule has 4 aliphatic carbocycles. The maximum atomic E-state index is 9.46. The van der Waals surface area contributed by atoms with Crippen molar-refractivity contribution in [3.05, 3.63) is 53.4 Å². The van der Waals surface area contributed by atoms with E-state index in [4.69, 9.17) is 14.2 Å². The number of aromatic nitrogens is 3. The van der Waals surface area contributed by atoms with Gasteiger partial charge in [-0.2, -0.15) is 5.26 Å². The summed E-state index contributed by atoms with van der Waals surface area (Å²) in [6.45, 7) is 11.3. The van der Waals surface area contributed by atoms with Crippen molar-refractivity contribution in [2.75, 3.05) is 6.61 Å². The third-order valence-electron chi connectivity index (χ3n) is 13.6. The van der Waals surface area contributed by atoms with Gasteiger partial charge in [0.05, 0.1) is 42.9 Å². The van der Waals surface area contributed by atoms with Crippen LogP contribution >= 0.6 is 0 Å². The molecule has 7 nitrogen and oxygen atoms in total. The fraction of sp³-hybridized carbons (Fsp3) is 0.703. The third kappa shape index (κ3) is 4.31. The van der Waals surface area contributed by atoms with Gasteiger partial charge in [0.1, 0.15) is 11.8 Å². The number of ether oxygens (including phenoxy) is 3. The Hall–Kier alpha value is -2.53. The van der Waals surface area contributed by atoms with Crippen molar-refractivity contribution in [3.8, 4) is 11.8 Å². The van der Waals surface area contributed by atoms with E-state index in [1.165, 1.54) is 38.5 Å². The average Bonchev–Trinajstić information content (AvgIpc) is 3.70. The Labute approximate surface area is 262 Å². The Morgan fingerprint density at radius 2 is 1.95 bits per heavy atom. The molecule has 3 heterocycles. The van der Waals surface area contributed by atoms with Gasteiger partial charge in [0.2, 0.25) is 0 Å². The van der Waals surface area contributed by atoms with E-state index in [-0.39, 0.29) is 17.3 Å². The molecule has 11 atom stereocenters. The van der Waals surface area contributed by atoms with Crippen molar-refractivity contribution >= 4 is 0 Å². The lowest BCUT2D eigenvalue weighted by molar-refractivity contribution is -0.272. The van der Waals surface area contributed by atoms with Crippen LogP contribution in [-0.2, 0) is 20.8 Å². The van der Waals surface area contributed by atoms with Gasteiger partial charge in [-0.25, -0.2) is 4.68 Å². The number of nitriles is 1. The fourth-order valence-corrected chi connectivity index (χ4v) is 11.2. The number of benzene rings is 1. The topological polar surface area (TPSA) is 82.2 Å². The van der Waals surface area contributed by atoms with E-state index >= 15 is 0 Å². The Balaban J connectivity index is 0.937. The van der Waals surface area contributed by atoms with Crippen molar-refractivity contribution < 1.29 is 14.2 Å². The molecule has 2 saturated heterocycles. The first kappa shape index (κ1) is 28.9. The quantitative estimate of drug-likeness (QED) is 0.342. The van der Waals surface area contributed by atoms with Gasteiger partial charge in [-0.05, 0) is 104 Å². The Bertz CT molecular complexity index is 1490. The van der Waals surface area contributed by atoms with E-state index < -0.39 is 0 Å². The van der Waals surface area contributed by atoms with Crippen molar-refractivity contribution in [3.63, 3.8) is 0 Å². The summed E-state index contributed by atoms with van der Waals surface area (Å²) in [5.74, 6) is 3.69. The van der Waals surface area contributed by atoms with Crippen LogP contribution in [0.5, 0.6) is 0 Å². The van der Waals surface area contributed by atoms with Gasteiger partial charge in [-0.15, -0.1) is 5.10 Å². The predicted molar refractivity (Wildman–Crippen MR) is 166 cm³/mol. The first-order chi connectivity index (χ1) is 21.2. The minimum absolute atomic E-state index is 0.214. The zero-order chi connectivity index (χ0) is 30.3. The Kier molecular flexibility index (Phi) is 6.90. The van der Waals surface area contributed by atoms with E-state index in [9.17, 15) is 5.26 Å². The summed E-state index contributed by atoms with van der Waals surface area (Å²) in [5, 5.41) is 18.1. The van der Waals surface area contributed by atoms with Crippen molar-refractivity contribution in [1.82, 2.24) is 15.0 Å². The molecule has 5 fully saturated rings. The smallest absolute Gasteiger partial charge is 0.171 e. The predicted octanol–water partition coefficient (Wildman–Crippen LogP) is 7.39. The number of allylic oxidation sites excluding steroid dienone is 1. The summed E-state index contributed by atoms with van der Waals surface area (Å²) < 4.78 is 21.7. The average molecular weight is 597 g/mol. The second kappa shape index (κ2) is 10.5. The fourth-order valence-electron chi connectivity index (χ4n) is 11.2. The van der Waals surface area contributed by atoms with E-state index in [0.717, 1.165) is 55.0 Å².